The van der Waals surface area contributed by atoms with Crippen molar-refractivity contribution >= 4 is 24.4 Å². The van der Waals surface area contributed by atoms with E-state index in [4.69, 9.17) is 15.0 Å². The van der Waals surface area contributed by atoms with Crippen molar-refractivity contribution in [2.45, 2.75) is 64.2 Å². The highest BCUT2D eigenvalue weighted by molar-refractivity contribution is 6.62. The standard InChI is InChI=1S/C24H31BN2O4/c1-23(2)24(3,4)31-25(30-23)19-13-10-18(11-14-19)16-20(22(26)29)27-21(28)15-12-17-8-6-5-7-9-17/h5-11,13-14,20H,12,15-16H2,1-4H3,(H2,26,29)(H,27,28)/t20-/m1/s1. The van der Waals surface area contributed by atoms with Crippen LogP contribution in [0, 0.1) is 0 Å². The SMILES string of the molecule is CC1(C)OB(c2ccc(C[C@@H](NC(=O)CCc3ccccc3)C(N)=O)cc2)OC1(C)C. The summed E-state index contributed by atoms with van der Waals surface area (Å²) >= 11 is 0. The zero-order chi connectivity index (χ0) is 22.6. The van der Waals surface area contributed by atoms with Crippen LogP contribution in [-0.4, -0.2) is 36.2 Å². The molecular formula is C24H31BN2O4. The zero-order valence-electron chi connectivity index (χ0n) is 18.7. The predicted octanol–water partition coefficient (Wildman–Crippen LogP) is 2.13. The summed E-state index contributed by atoms with van der Waals surface area (Å²) in [7, 11) is -0.441. The fourth-order valence-corrected chi connectivity index (χ4v) is 3.42. The van der Waals surface area contributed by atoms with Crippen molar-refractivity contribution in [3.8, 4) is 0 Å². The Morgan fingerprint density at radius 2 is 1.52 bits per heavy atom. The molecule has 2 amide bonds. The molecule has 1 aliphatic rings. The summed E-state index contributed by atoms with van der Waals surface area (Å²) < 4.78 is 12.1. The maximum atomic E-state index is 12.3. The van der Waals surface area contributed by atoms with Crippen molar-refractivity contribution in [2.24, 2.45) is 5.73 Å². The summed E-state index contributed by atoms with van der Waals surface area (Å²) in [5, 5.41) is 2.76. The number of carbonyl (C=O) groups excluding carboxylic acids is 2. The second kappa shape index (κ2) is 9.24. The first-order valence-electron chi connectivity index (χ1n) is 10.6. The smallest absolute Gasteiger partial charge is 0.399 e. The van der Waals surface area contributed by atoms with Gasteiger partial charge in [-0.3, -0.25) is 9.59 Å². The van der Waals surface area contributed by atoms with E-state index in [1.165, 1.54) is 0 Å². The van der Waals surface area contributed by atoms with Gasteiger partial charge in [0, 0.05) is 12.8 Å². The third-order valence-electron chi connectivity index (χ3n) is 6.11. The van der Waals surface area contributed by atoms with Gasteiger partial charge in [-0.2, -0.15) is 0 Å². The van der Waals surface area contributed by atoms with Crippen molar-refractivity contribution in [1.29, 1.82) is 0 Å². The van der Waals surface area contributed by atoms with E-state index in [1.807, 2.05) is 82.3 Å². The fraction of sp³-hybridized carbons (Fsp3) is 0.417. The first kappa shape index (κ1) is 23.0. The molecule has 3 N–H and O–H groups in total. The van der Waals surface area contributed by atoms with Gasteiger partial charge in [0.25, 0.3) is 0 Å². The Labute approximate surface area is 184 Å². The molecule has 0 aliphatic carbocycles. The number of hydrogen-bond acceptors (Lipinski definition) is 4. The maximum Gasteiger partial charge on any atom is 0.494 e. The molecule has 7 heteroatoms. The number of nitrogens with two attached hydrogens (primary N) is 1. The van der Waals surface area contributed by atoms with Crippen LogP contribution in [0.15, 0.2) is 54.6 Å². The Kier molecular flexibility index (Phi) is 6.87. The van der Waals surface area contributed by atoms with E-state index < -0.39 is 30.3 Å². The summed E-state index contributed by atoms with van der Waals surface area (Å²) in [6, 6.07) is 16.7. The van der Waals surface area contributed by atoms with E-state index in [0.717, 1.165) is 16.6 Å². The van der Waals surface area contributed by atoms with E-state index in [-0.39, 0.29) is 5.91 Å². The van der Waals surface area contributed by atoms with Gasteiger partial charge < -0.3 is 20.4 Å². The van der Waals surface area contributed by atoms with Crippen LogP contribution in [0.25, 0.3) is 0 Å². The minimum atomic E-state index is -0.758. The van der Waals surface area contributed by atoms with Crippen LogP contribution in [-0.2, 0) is 31.7 Å². The van der Waals surface area contributed by atoms with Crippen LogP contribution >= 0.6 is 0 Å². The van der Waals surface area contributed by atoms with E-state index in [0.29, 0.717) is 19.3 Å². The number of benzene rings is 2. The van der Waals surface area contributed by atoms with Crippen LogP contribution in [0.4, 0.5) is 0 Å². The molecule has 1 aliphatic heterocycles. The van der Waals surface area contributed by atoms with Crippen LogP contribution in [0.1, 0.15) is 45.2 Å². The number of carbonyl (C=O) groups is 2. The number of hydrogen-bond donors (Lipinski definition) is 2. The first-order valence-corrected chi connectivity index (χ1v) is 10.6. The molecule has 6 nitrogen and oxygen atoms in total. The second-order valence-electron chi connectivity index (χ2n) is 9.04. The normalized spacial score (nSPS) is 17.9. The number of amides is 2. The van der Waals surface area contributed by atoms with E-state index in [2.05, 4.69) is 5.32 Å². The molecule has 2 aromatic rings. The van der Waals surface area contributed by atoms with Crippen molar-refractivity contribution < 1.29 is 18.9 Å². The second-order valence-corrected chi connectivity index (χ2v) is 9.04. The highest BCUT2D eigenvalue weighted by Gasteiger charge is 2.51. The molecule has 0 unspecified atom stereocenters. The lowest BCUT2D eigenvalue weighted by atomic mass is 9.78. The topological polar surface area (TPSA) is 90.6 Å². The lowest BCUT2D eigenvalue weighted by Crippen LogP contribution is -2.46. The van der Waals surface area contributed by atoms with Gasteiger partial charge in [0.2, 0.25) is 11.8 Å². The summed E-state index contributed by atoms with van der Waals surface area (Å²) in [4.78, 5) is 24.2. The lowest BCUT2D eigenvalue weighted by molar-refractivity contribution is -0.127. The highest BCUT2D eigenvalue weighted by Crippen LogP contribution is 2.36. The third kappa shape index (κ3) is 5.74. The van der Waals surface area contributed by atoms with Crippen LogP contribution < -0.4 is 16.5 Å². The number of primary amides is 1. The molecule has 0 radical (unpaired) electrons. The number of nitrogens with one attached hydrogen (secondary N) is 1. The molecule has 0 saturated carbocycles. The summed E-state index contributed by atoms with van der Waals surface area (Å²) in [5.41, 5.74) is 7.60. The lowest BCUT2D eigenvalue weighted by Gasteiger charge is -2.32. The van der Waals surface area contributed by atoms with Crippen molar-refractivity contribution in [3.63, 3.8) is 0 Å². The van der Waals surface area contributed by atoms with Crippen LogP contribution in [0.2, 0.25) is 0 Å². The van der Waals surface area contributed by atoms with Gasteiger partial charge >= 0.3 is 7.12 Å². The Balaban J connectivity index is 1.58. The molecule has 0 spiro atoms. The summed E-state index contributed by atoms with van der Waals surface area (Å²) in [5.74, 6) is -0.746. The van der Waals surface area contributed by atoms with Gasteiger partial charge in [0.15, 0.2) is 0 Å². The van der Waals surface area contributed by atoms with Crippen LogP contribution in [0.5, 0.6) is 0 Å². The highest BCUT2D eigenvalue weighted by atomic mass is 16.7. The molecule has 1 saturated heterocycles. The zero-order valence-corrected chi connectivity index (χ0v) is 18.7. The van der Waals surface area contributed by atoms with Gasteiger partial charge in [0.05, 0.1) is 11.2 Å². The molecule has 1 atom stereocenters. The Morgan fingerprint density at radius 1 is 0.935 bits per heavy atom. The molecule has 1 fully saturated rings. The van der Waals surface area contributed by atoms with E-state index in [9.17, 15) is 9.59 Å². The number of rotatable bonds is 8. The Morgan fingerprint density at radius 3 is 2.06 bits per heavy atom. The van der Waals surface area contributed by atoms with Gasteiger partial charge in [0.1, 0.15) is 6.04 Å². The Hall–Kier alpha value is -2.64. The van der Waals surface area contributed by atoms with Crippen LogP contribution in [0.3, 0.4) is 0 Å². The first-order chi connectivity index (χ1) is 14.6. The average Bonchev–Trinajstić information content (AvgIpc) is 2.94. The molecule has 3 rings (SSSR count). The quantitative estimate of drug-likeness (QED) is 0.638. The summed E-state index contributed by atoms with van der Waals surface area (Å²) in [6.07, 6.45) is 1.24. The predicted molar refractivity (Wildman–Crippen MR) is 122 cm³/mol. The number of aryl methyl sites for hydroxylation is 1. The minimum Gasteiger partial charge on any atom is -0.399 e. The Bertz CT molecular complexity index is 897. The van der Waals surface area contributed by atoms with Crippen molar-refractivity contribution in [3.05, 3.63) is 65.7 Å². The molecule has 2 aromatic carbocycles. The van der Waals surface area contributed by atoms with Gasteiger partial charge in [-0.15, -0.1) is 0 Å². The fourth-order valence-electron chi connectivity index (χ4n) is 3.42. The van der Waals surface area contributed by atoms with Gasteiger partial charge in [-0.05, 0) is 50.7 Å². The maximum absolute atomic E-state index is 12.3. The molecular weight excluding hydrogens is 391 g/mol. The van der Waals surface area contributed by atoms with Gasteiger partial charge in [-0.25, -0.2) is 0 Å². The largest absolute Gasteiger partial charge is 0.494 e. The monoisotopic (exact) mass is 422 g/mol. The van der Waals surface area contributed by atoms with E-state index in [1.54, 1.807) is 0 Å². The van der Waals surface area contributed by atoms with E-state index >= 15 is 0 Å². The minimum absolute atomic E-state index is 0.193. The van der Waals surface area contributed by atoms with Gasteiger partial charge in [-0.1, -0.05) is 54.6 Å². The molecule has 31 heavy (non-hydrogen) atoms. The molecule has 0 aromatic heterocycles. The average molecular weight is 422 g/mol. The van der Waals surface area contributed by atoms with Crippen molar-refractivity contribution in [2.75, 3.05) is 0 Å². The molecule has 0 bridgehead atoms. The summed E-state index contributed by atoms with van der Waals surface area (Å²) in [6.45, 7) is 8.05. The third-order valence-corrected chi connectivity index (χ3v) is 6.11. The molecule has 1 heterocycles. The van der Waals surface area contributed by atoms with Crippen molar-refractivity contribution in [1.82, 2.24) is 5.32 Å². The molecule has 164 valence electrons.